The zero-order chi connectivity index (χ0) is 25.7. The number of carbonyl (C=O) groups excluding carboxylic acids is 1. The standard InChI is InChI=1S/C29H26ClN3O3/c1-18-16-31-17-19(2)25(18)23-14-13-22(15-24(23)30)32-28(34)27(33-29(35)36)26(20-9-5-3-6-10-20)21-11-7-4-8-12-21/h3-17,26-27,33H,1-2H3,(H,32,34)(H,35,36). The second-order valence-corrected chi connectivity index (χ2v) is 8.97. The molecule has 36 heavy (non-hydrogen) atoms. The first-order valence-electron chi connectivity index (χ1n) is 11.5. The summed E-state index contributed by atoms with van der Waals surface area (Å²) in [4.78, 5) is 29.5. The van der Waals surface area contributed by atoms with Gasteiger partial charge in [-0.1, -0.05) is 78.3 Å². The number of aromatic nitrogens is 1. The molecule has 182 valence electrons. The Labute approximate surface area is 215 Å². The second kappa shape index (κ2) is 11.1. The summed E-state index contributed by atoms with van der Waals surface area (Å²) in [5.41, 5.74) is 5.91. The summed E-state index contributed by atoms with van der Waals surface area (Å²) in [6.07, 6.45) is 2.28. The number of benzene rings is 3. The molecule has 0 aliphatic carbocycles. The van der Waals surface area contributed by atoms with Crippen LogP contribution in [0.15, 0.2) is 91.3 Å². The van der Waals surface area contributed by atoms with E-state index < -0.39 is 24.0 Å². The average Bonchev–Trinajstić information content (AvgIpc) is 2.86. The minimum absolute atomic E-state index is 0.468. The van der Waals surface area contributed by atoms with E-state index in [1.807, 2.05) is 80.6 Å². The first-order valence-corrected chi connectivity index (χ1v) is 11.8. The first-order chi connectivity index (χ1) is 17.3. The van der Waals surface area contributed by atoms with Gasteiger partial charge in [-0.15, -0.1) is 0 Å². The molecular weight excluding hydrogens is 474 g/mol. The van der Waals surface area contributed by atoms with E-state index in [0.717, 1.165) is 33.4 Å². The van der Waals surface area contributed by atoms with Crippen LogP contribution in [0.25, 0.3) is 11.1 Å². The Balaban J connectivity index is 1.68. The fraction of sp³-hybridized carbons (Fsp3) is 0.138. The van der Waals surface area contributed by atoms with Gasteiger partial charge in [-0.3, -0.25) is 9.78 Å². The van der Waals surface area contributed by atoms with E-state index in [1.54, 1.807) is 24.5 Å². The average molecular weight is 500 g/mol. The summed E-state index contributed by atoms with van der Waals surface area (Å²) in [5.74, 6) is -1.03. The minimum atomic E-state index is -1.29. The summed E-state index contributed by atoms with van der Waals surface area (Å²) >= 11 is 6.63. The summed E-state index contributed by atoms with van der Waals surface area (Å²) in [6.45, 7) is 3.94. The molecule has 0 bridgehead atoms. The Hall–Kier alpha value is -4.16. The highest BCUT2D eigenvalue weighted by molar-refractivity contribution is 6.33. The number of amides is 2. The van der Waals surface area contributed by atoms with Gasteiger partial charge in [0.05, 0.1) is 5.02 Å². The van der Waals surface area contributed by atoms with Crippen LogP contribution in [0.2, 0.25) is 5.02 Å². The van der Waals surface area contributed by atoms with Crippen LogP contribution in [0.4, 0.5) is 10.5 Å². The third-order valence-corrected chi connectivity index (χ3v) is 6.36. The third kappa shape index (κ3) is 5.56. The molecule has 0 fully saturated rings. The number of carboxylic acid groups (broad SMARTS) is 1. The number of hydrogen-bond donors (Lipinski definition) is 3. The summed E-state index contributed by atoms with van der Waals surface area (Å²) < 4.78 is 0. The molecule has 7 heteroatoms. The number of aryl methyl sites for hydroxylation is 2. The number of rotatable bonds is 7. The Kier molecular flexibility index (Phi) is 7.66. The lowest BCUT2D eigenvalue weighted by Gasteiger charge is -2.27. The molecule has 3 aromatic carbocycles. The maximum Gasteiger partial charge on any atom is 0.405 e. The fourth-order valence-electron chi connectivity index (χ4n) is 4.47. The van der Waals surface area contributed by atoms with Crippen molar-refractivity contribution in [3.63, 3.8) is 0 Å². The van der Waals surface area contributed by atoms with Crippen molar-refractivity contribution in [2.75, 3.05) is 5.32 Å². The molecule has 0 radical (unpaired) electrons. The predicted octanol–water partition coefficient (Wildman–Crippen LogP) is 6.43. The summed E-state index contributed by atoms with van der Waals surface area (Å²) in [7, 11) is 0. The predicted molar refractivity (Wildman–Crippen MR) is 142 cm³/mol. The van der Waals surface area contributed by atoms with Crippen molar-refractivity contribution in [3.8, 4) is 11.1 Å². The molecule has 0 aliphatic rings. The Morgan fingerprint density at radius 3 is 1.92 bits per heavy atom. The van der Waals surface area contributed by atoms with E-state index in [1.165, 1.54) is 0 Å². The van der Waals surface area contributed by atoms with Gasteiger partial charge in [0, 0.05) is 29.6 Å². The SMILES string of the molecule is Cc1cncc(C)c1-c1ccc(NC(=O)C(NC(=O)O)C(c2ccccc2)c2ccccc2)cc1Cl. The van der Waals surface area contributed by atoms with Crippen molar-refractivity contribution in [1.82, 2.24) is 10.3 Å². The molecule has 0 saturated carbocycles. The van der Waals surface area contributed by atoms with E-state index in [0.29, 0.717) is 10.7 Å². The smallest absolute Gasteiger partial charge is 0.405 e. The van der Waals surface area contributed by atoms with Crippen molar-refractivity contribution in [1.29, 1.82) is 0 Å². The molecule has 4 aromatic rings. The van der Waals surface area contributed by atoms with Crippen molar-refractivity contribution in [2.24, 2.45) is 0 Å². The van der Waals surface area contributed by atoms with Crippen LogP contribution in [0.1, 0.15) is 28.2 Å². The molecule has 6 nitrogen and oxygen atoms in total. The number of carbonyl (C=O) groups is 2. The van der Waals surface area contributed by atoms with Crippen LogP contribution in [0, 0.1) is 13.8 Å². The molecule has 1 heterocycles. The monoisotopic (exact) mass is 499 g/mol. The summed E-state index contributed by atoms with van der Waals surface area (Å²) in [6, 6.07) is 22.9. The van der Waals surface area contributed by atoms with Gasteiger partial charge in [0.25, 0.3) is 0 Å². The van der Waals surface area contributed by atoms with Crippen LogP contribution in [0.3, 0.4) is 0 Å². The Morgan fingerprint density at radius 1 is 0.861 bits per heavy atom. The van der Waals surface area contributed by atoms with E-state index >= 15 is 0 Å². The molecule has 1 atom stereocenters. The maximum atomic E-state index is 13.5. The first kappa shape index (κ1) is 24.9. The number of halogens is 1. The van der Waals surface area contributed by atoms with E-state index in [2.05, 4.69) is 15.6 Å². The minimum Gasteiger partial charge on any atom is -0.465 e. The van der Waals surface area contributed by atoms with Crippen LogP contribution in [-0.4, -0.2) is 28.1 Å². The van der Waals surface area contributed by atoms with Crippen LogP contribution < -0.4 is 10.6 Å². The van der Waals surface area contributed by atoms with Crippen LogP contribution >= 0.6 is 11.6 Å². The number of nitrogens with zero attached hydrogens (tertiary/aromatic N) is 1. The fourth-order valence-corrected chi connectivity index (χ4v) is 4.75. The van der Waals surface area contributed by atoms with E-state index in [9.17, 15) is 14.7 Å². The molecule has 0 spiro atoms. The topological polar surface area (TPSA) is 91.3 Å². The van der Waals surface area contributed by atoms with Gasteiger partial charge < -0.3 is 15.7 Å². The molecular formula is C29H26ClN3O3. The van der Waals surface area contributed by atoms with Gasteiger partial charge >= 0.3 is 6.09 Å². The zero-order valence-corrected chi connectivity index (χ0v) is 20.7. The zero-order valence-electron chi connectivity index (χ0n) is 19.9. The molecule has 3 N–H and O–H groups in total. The van der Waals surface area contributed by atoms with Crippen molar-refractivity contribution in [2.45, 2.75) is 25.8 Å². The highest BCUT2D eigenvalue weighted by atomic mass is 35.5. The molecule has 1 unspecified atom stereocenters. The third-order valence-electron chi connectivity index (χ3n) is 6.04. The van der Waals surface area contributed by atoms with Crippen molar-refractivity contribution >= 4 is 29.3 Å². The lowest BCUT2D eigenvalue weighted by molar-refractivity contribution is -0.118. The van der Waals surface area contributed by atoms with Gasteiger partial charge in [-0.05, 0) is 53.8 Å². The van der Waals surface area contributed by atoms with Crippen molar-refractivity contribution in [3.05, 3.63) is 119 Å². The van der Waals surface area contributed by atoms with E-state index in [4.69, 9.17) is 11.6 Å². The molecule has 2 amide bonds. The number of nitrogens with one attached hydrogen (secondary N) is 2. The number of pyridine rings is 1. The molecule has 0 aliphatic heterocycles. The van der Waals surface area contributed by atoms with Gasteiger partial charge in [0.2, 0.25) is 5.91 Å². The highest BCUT2D eigenvalue weighted by Gasteiger charge is 2.32. The van der Waals surface area contributed by atoms with Crippen LogP contribution in [-0.2, 0) is 4.79 Å². The molecule has 1 aromatic heterocycles. The normalized spacial score (nSPS) is 11.7. The lowest BCUT2D eigenvalue weighted by Crippen LogP contribution is -2.47. The van der Waals surface area contributed by atoms with Gasteiger partial charge in [-0.2, -0.15) is 0 Å². The Bertz CT molecular complexity index is 1320. The summed E-state index contributed by atoms with van der Waals surface area (Å²) in [5, 5.41) is 15.3. The van der Waals surface area contributed by atoms with Crippen LogP contribution in [0.5, 0.6) is 0 Å². The maximum absolute atomic E-state index is 13.5. The van der Waals surface area contributed by atoms with Crippen molar-refractivity contribution < 1.29 is 14.7 Å². The largest absolute Gasteiger partial charge is 0.465 e. The van der Waals surface area contributed by atoms with Gasteiger partial charge in [0.1, 0.15) is 6.04 Å². The number of hydrogen-bond acceptors (Lipinski definition) is 3. The number of anilines is 1. The second-order valence-electron chi connectivity index (χ2n) is 8.56. The molecule has 4 rings (SSSR count). The Morgan fingerprint density at radius 2 is 1.42 bits per heavy atom. The lowest BCUT2D eigenvalue weighted by atomic mass is 9.84. The van der Waals surface area contributed by atoms with Gasteiger partial charge in [-0.25, -0.2) is 4.79 Å². The molecule has 0 saturated heterocycles. The highest BCUT2D eigenvalue weighted by Crippen LogP contribution is 2.35. The van der Waals surface area contributed by atoms with E-state index in [-0.39, 0.29) is 0 Å². The van der Waals surface area contributed by atoms with Gasteiger partial charge in [0.15, 0.2) is 0 Å². The quantitative estimate of drug-likeness (QED) is 0.273.